The number of aldehydes is 1. The Bertz CT molecular complexity index is 640. The van der Waals surface area contributed by atoms with E-state index in [0.717, 1.165) is 4.47 Å². The van der Waals surface area contributed by atoms with E-state index >= 15 is 0 Å². The fraction of sp³-hybridized carbons (Fsp3) is 0.125. The lowest BCUT2D eigenvalue weighted by Gasteiger charge is -2.15. The summed E-state index contributed by atoms with van der Waals surface area (Å²) in [6.07, 6.45) is -0.0101. The van der Waals surface area contributed by atoms with Crippen LogP contribution in [0.4, 0.5) is 5.69 Å². The standard InChI is InChI=1S/C16H14BrNO3/c1-11(21-15-5-3-2-4-12(15)10-19)16(20)18-14-8-6-13(17)7-9-14/h2-11H,1H3,(H,18,20)/t11-/m1/s1. The molecule has 0 saturated carbocycles. The Labute approximate surface area is 131 Å². The predicted octanol–water partition coefficient (Wildman–Crippen LogP) is 3.67. The van der Waals surface area contributed by atoms with Crippen LogP contribution in [0.1, 0.15) is 17.3 Å². The number of amides is 1. The Kier molecular flexibility index (Phi) is 5.11. The second-order valence-electron chi connectivity index (χ2n) is 4.41. The molecule has 0 aromatic heterocycles. The first-order valence-corrected chi connectivity index (χ1v) is 7.17. The normalized spacial score (nSPS) is 11.5. The van der Waals surface area contributed by atoms with E-state index in [4.69, 9.17) is 4.74 Å². The number of benzene rings is 2. The quantitative estimate of drug-likeness (QED) is 0.839. The largest absolute Gasteiger partial charge is 0.480 e. The minimum atomic E-state index is -0.713. The fourth-order valence-corrected chi connectivity index (χ4v) is 1.97. The van der Waals surface area contributed by atoms with E-state index in [-0.39, 0.29) is 5.91 Å². The molecule has 2 rings (SSSR count). The summed E-state index contributed by atoms with van der Waals surface area (Å²) in [7, 11) is 0. The first-order valence-electron chi connectivity index (χ1n) is 6.37. The minimum Gasteiger partial charge on any atom is -0.480 e. The van der Waals surface area contributed by atoms with Gasteiger partial charge in [-0.3, -0.25) is 9.59 Å². The van der Waals surface area contributed by atoms with Gasteiger partial charge in [0, 0.05) is 10.2 Å². The lowest BCUT2D eigenvalue weighted by molar-refractivity contribution is -0.122. The molecule has 0 bridgehead atoms. The van der Waals surface area contributed by atoms with Crippen LogP contribution in [0.25, 0.3) is 0 Å². The summed E-state index contributed by atoms with van der Waals surface area (Å²) in [6, 6.07) is 14.0. The number of rotatable bonds is 5. The number of anilines is 1. The Morgan fingerprint density at radius 2 is 1.86 bits per heavy atom. The third kappa shape index (κ3) is 4.16. The monoisotopic (exact) mass is 347 g/mol. The first-order chi connectivity index (χ1) is 10.1. The topological polar surface area (TPSA) is 55.4 Å². The van der Waals surface area contributed by atoms with E-state index in [1.807, 2.05) is 12.1 Å². The van der Waals surface area contributed by atoms with Crippen molar-refractivity contribution in [3.63, 3.8) is 0 Å². The average Bonchev–Trinajstić information content (AvgIpc) is 2.50. The zero-order valence-corrected chi connectivity index (χ0v) is 13.0. The van der Waals surface area contributed by atoms with Crippen molar-refractivity contribution in [2.75, 3.05) is 5.32 Å². The molecule has 2 aromatic rings. The van der Waals surface area contributed by atoms with Crippen molar-refractivity contribution in [2.45, 2.75) is 13.0 Å². The van der Waals surface area contributed by atoms with Crippen LogP contribution in [0.2, 0.25) is 0 Å². The van der Waals surface area contributed by atoms with Crippen molar-refractivity contribution in [1.82, 2.24) is 0 Å². The van der Waals surface area contributed by atoms with Gasteiger partial charge in [-0.05, 0) is 43.3 Å². The zero-order chi connectivity index (χ0) is 15.2. The summed E-state index contributed by atoms with van der Waals surface area (Å²) in [5.41, 5.74) is 1.10. The molecular formula is C16H14BrNO3. The fourth-order valence-electron chi connectivity index (χ4n) is 1.71. The van der Waals surface area contributed by atoms with E-state index in [1.54, 1.807) is 43.3 Å². The SMILES string of the molecule is C[C@@H](Oc1ccccc1C=O)C(=O)Nc1ccc(Br)cc1. The van der Waals surface area contributed by atoms with Crippen LogP contribution in [0.15, 0.2) is 53.0 Å². The van der Waals surface area contributed by atoms with E-state index < -0.39 is 6.10 Å². The number of carbonyl (C=O) groups is 2. The zero-order valence-electron chi connectivity index (χ0n) is 11.4. The molecule has 0 fully saturated rings. The van der Waals surface area contributed by atoms with Gasteiger partial charge in [0.15, 0.2) is 12.4 Å². The summed E-state index contributed by atoms with van der Waals surface area (Å²) in [6.45, 7) is 1.63. The maximum absolute atomic E-state index is 12.1. The Morgan fingerprint density at radius 3 is 2.52 bits per heavy atom. The third-order valence-corrected chi connectivity index (χ3v) is 3.36. The van der Waals surface area contributed by atoms with E-state index in [2.05, 4.69) is 21.2 Å². The number of para-hydroxylation sites is 1. The van der Waals surface area contributed by atoms with Crippen LogP contribution in [-0.2, 0) is 4.79 Å². The highest BCUT2D eigenvalue weighted by Crippen LogP contribution is 2.18. The molecule has 1 atom stereocenters. The number of hydrogen-bond acceptors (Lipinski definition) is 3. The lowest BCUT2D eigenvalue weighted by atomic mass is 10.2. The molecular weight excluding hydrogens is 334 g/mol. The van der Waals surface area contributed by atoms with Crippen molar-refractivity contribution < 1.29 is 14.3 Å². The number of carbonyl (C=O) groups excluding carboxylic acids is 2. The van der Waals surface area contributed by atoms with Gasteiger partial charge in [0.25, 0.3) is 5.91 Å². The second kappa shape index (κ2) is 7.04. The highest BCUT2D eigenvalue weighted by Gasteiger charge is 2.16. The predicted molar refractivity (Wildman–Crippen MR) is 84.7 cm³/mol. The maximum atomic E-state index is 12.1. The molecule has 2 aromatic carbocycles. The van der Waals surface area contributed by atoms with Gasteiger partial charge in [0.05, 0.1) is 5.56 Å². The lowest BCUT2D eigenvalue weighted by Crippen LogP contribution is -2.30. The summed E-state index contributed by atoms with van der Waals surface area (Å²) in [4.78, 5) is 23.0. The van der Waals surface area contributed by atoms with Gasteiger partial charge in [-0.15, -0.1) is 0 Å². The number of nitrogens with one attached hydrogen (secondary N) is 1. The second-order valence-corrected chi connectivity index (χ2v) is 5.33. The molecule has 0 saturated heterocycles. The number of halogens is 1. The summed E-state index contributed by atoms with van der Waals surface area (Å²) >= 11 is 3.33. The van der Waals surface area contributed by atoms with Crippen molar-refractivity contribution in [3.05, 3.63) is 58.6 Å². The van der Waals surface area contributed by atoms with Gasteiger partial charge in [0.1, 0.15) is 5.75 Å². The van der Waals surface area contributed by atoms with Gasteiger partial charge in [-0.1, -0.05) is 28.1 Å². The Balaban J connectivity index is 2.02. The summed E-state index contributed by atoms with van der Waals surface area (Å²) < 4.78 is 6.48. The van der Waals surface area contributed by atoms with Crippen molar-refractivity contribution in [2.24, 2.45) is 0 Å². The maximum Gasteiger partial charge on any atom is 0.265 e. The highest BCUT2D eigenvalue weighted by molar-refractivity contribution is 9.10. The van der Waals surface area contributed by atoms with Gasteiger partial charge in [-0.25, -0.2) is 0 Å². The van der Waals surface area contributed by atoms with Gasteiger partial charge in [-0.2, -0.15) is 0 Å². The molecule has 21 heavy (non-hydrogen) atoms. The molecule has 0 radical (unpaired) electrons. The molecule has 108 valence electrons. The highest BCUT2D eigenvalue weighted by atomic mass is 79.9. The van der Waals surface area contributed by atoms with Crippen LogP contribution < -0.4 is 10.1 Å². The van der Waals surface area contributed by atoms with Gasteiger partial charge >= 0.3 is 0 Å². The van der Waals surface area contributed by atoms with Crippen LogP contribution in [0.3, 0.4) is 0 Å². The minimum absolute atomic E-state index is 0.280. The van der Waals surface area contributed by atoms with Crippen LogP contribution in [-0.4, -0.2) is 18.3 Å². The average molecular weight is 348 g/mol. The van der Waals surface area contributed by atoms with E-state index in [9.17, 15) is 9.59 Å². The molecule has 4 nitrogen and oxygen atoms in total. The van der Waals surface area contributed by atoms with Crippen molar-refractivity contribution in [3.8, 4) is 5.75 Å². The molecule has 0 heterocycles. The van der Waals surface area contributed by atoms with Gasteiger partial charge in [0.2, 0.25) is 0 Å². The summed E-state index contributed by atoms with van der Waals surface area (Å²) in [5.74, 6) is 0.115. The summed E-state index contributed by atoms with van der Waals surface area (Å²) in [5, 5.41) is 2.75. The smallest absolute Gasteiger partial charge is 0.265 e. The molecule has 0 unspecified atom stereocenters. The van der Waals surface area contributed by atoms with E-state index in [1.165, 1.54) is 0 Å². The van der Waals surface area contributed by atoms with Crippen LogP contribution in [0.5, 0.6) is 5.75 Å². The molecule has 0 aliphatic rings. The van der Waals surface area contributed by atoms with Gasteiger partial charge < -0.3 is 10.1 Å². The molecule has 1 N–H and O–H groups in total. The molecule has 1 amide bonds. The molecule has 0 aliphatic carbocycles. The van der Waals surface area contributed by atoms with Crippen molar-refractivity contribution >= 4 is 33.8 Å². The number of ether oxygens (including phenoxy) is 1. The van der Waals surface area contributed by atoms with Crippen LogP contribution >= 0.6 is 15.9 Å². The third-order valence-electron chi connectivity index (χ3n) is 2.83. The molecule has 0 spiro atoms. The Morgan fingerprint density at radius 1 is 1.19 bits per heavy atom. The molecule has 0 aliphatic heterocycles. The number of hydrogen-bond donors (Lipinski definition) is 1. The first kappa shape index (κ1) is 15.3. The Hall–Kier alpha value is -2.14. The van der Waals surface area contributed by atoms with Crippen LogP contribution in [0, 0.1) is 0 Å². The van der Waals surface area contributed by atoms with Crippen molar-refractivity contribution in [1.29, 1.82) is 0 Å². The molecule has 5 heteroatoms. The van der Waals surface area contributed by atoms with E-state index in [0.29, 0.717) is 23.3 Å².